The van der Waals surface area contributed by atoms with Gasteiger partial charge in [0.15, 0.2) is 0 Å². The van der Waals surface area contributed by atoms with Crippen LogP contribution in [0.5, 0.6) is 5.88 Å². The molecule has 0 aliphatic carbocycles. The summed E-state index contributed by atoms with van der Waals surface area (Å²) in [7, 11) is 0.0992. The van der Waals surface area contributed by atoms with E-state index in [1.165, 1.54) is 13.2 Å². The smallest absolute Gasteiger partial charge is 0.481 e. The van der Waals surface area contributed by atoms with Crippen molar-refractivity contribution < 1.29 is 24.3 Å². The maximum Gasteiger partial charge on any atom is 0.509 e. The highest BCUT2D eigenvalue weighted by Gasteiger charge is 2.30. The summed E-state index contributed by atoms with van der Waals surface area (Å²) >= 11 is 0. The predicted molar refractivity (Wildman–Crippen MR) is 78.2 cm³/mol. The van der Waals surface area contributed by atoms with Gasteiger partial charge in [0, 0.05) is 11.7 Å². The van der Waals surface area contributed by atoms with Crippen molar-refractivity contribution in [2.45, 2.75) is 26.4 Å². The molecular weight excluding hydrogens is 275 g/mol. The summed E-state index contributed by atoms with van der Waals surface area (Å²) in [5.41, 5.74) is 0.246. The van der Waals surface area contributed by atoms with Crippen LogP contribution in [-0.2, 0) is 4.65 Å². The molecule has 2 heterocycles. The summed E-state index contributed by atoms with van der Waals surface area (Å²) in [6, 6.07) is 4.60. The van der Waals surface area contributed by atoms with E-state index < -0.39 is 18.8 Å². The molecule has 2 rings (SSSR count). The lowest BCUT2D eigenvalue weighted by molar-refractivity contribution is 0.106. The lowest BCUT2D eigenvalue weighted by atomic mass is 9.83. The SMILES string of the molecule is COc1ccc2c(cc(B(O)OC(C)(C)C)n2C(=O)O)n1. The summed E-state index contributed by atoms with van der Waals surface area (Å²) in [6.45, 7) is 5.31. The monoisotopic (exact) mass is 292 g/mol. The highest BCUT2D eigenvalue weighted by atomic mass is 16.5. The Morgan fingerprint density at radius 3 is 2.57 bits per heavy atom. The van der Waals surface area contributed by atoms with E-state index in [1.54, 1.807) is 32.9 Å². The van der Waals surface area contributed by atoms with Gasteiger partial charge in [0.1, 0.15) is 0 Å². The summed E-state index contributed by atoms with van der Waals surface area (Å²) in [5.74, 6) is 0.364. The first-order valence-corrected chi connectivity index (χ1v) is 6.38. The van der Waals surface area contributed by atoms with Crippen molar-refractivity contribution in [2.75, 3.05) is 7.11 Å². The topological polar surface area (TPSA) is 93.8 Å². The molecule has 0 aliphatic heterocycles. The van der Waals surface area contributed by atoms with E-state index in [2.05, 4.69) is 4.98 Å². The minimum absolute atomic E-state index is 0.105. The van der Waals surface area contributed by atoms with Crippen molar-refractivity contribution in [3.05, 3.63) is 18.2 Å². The van der Waals surface area contributed by atoms with E-state index in [-0.39, 0.29) is 5.59 Å². The zero-order valence-electron chi connectivity index (χ0n) is 12.3. The quantitative estimate of drug-likeness (QED) is 0.822. The predicted octanol–water partition coefficient (Wildman–Crippen LogP) is 1.07. The number of methoxy groups -OCH3 is 1. The van der Waals surface area contributed by atoms with Crippen LogP contribution in [0.15, 0.2) is 18.2 Å². The summed E-state index contributed by atoms with van der Waals surface area (Å²) in [4.78, 5) is 15.6. The fraction of sp³-hybridized carbons (Fsp3) is 0.385. The maximum atomic E-state index is 11.5. The molecule has 0 atom stereocenters. The van der Waals surface area contributed by atoms with Gasteiger partial charge < -0.3 is 19.5 Å². The molecule has 0 fully saturated rings. The average Bonchev–Trinajstić information content (AvgIpc) is 2.74. The Morgan fingerprint density at radius 2 is 2.05 bits per heavy atom. The summed E-state index contributed by atoms with van der Waals surface area (Å²) in [6.07, 6.45) is -1.22. The molecule has 0 radical (unpaired) electrons. The minimum atomic E-state index is -1.37. The number of pyridine rings is 1. The van der Waals surface area contributed by atoms with Gasteiger partial charge in [-0.3, -0.25) is 4.57 Å². The Kier molecular flexibility index (Phi) is 3.93. The fourth-order valence-electron chi connectivity index (χ4n) is 1.99. The highest BCUT2D eigenvalue weighted by Crippen LogP contribution is 2.18. The molecule has 7 nitrogen and oxygen atoms in total. The number of hydrogen-bond acceptors (Lipinski definition) is 5. The molecule has 0 aliphatic rings. The van der Waals surface area contributed by atoms with Crippen LogP contribution < -0.4 is 10.3 Å². The Hall–Kier alpha value is -2.06. The number of rotatable bonds is 3. The molecule has 2 aromatic rings. The lowest BCUT2D eigenvalue weighted by Gasteiger charge is -2.22. The number of nitrogens with zero attached hydrogens (tertiary/aromatic N) is 2. The van der Waals surface area contributed by atoms with Gasteiger partial charge in [0.25, 0.3) is 0 Å². The van der Waals surface area contributed by atoms with Crippen LogP contribution in [0.3, 0.4) is 0 Å². The van der Waals surface area contributed by atoms with Gasteiger partial charge in [-0.1, -0.05) is 0 Å². The van der Waals surface area contributed by atoms with Crippen molar-refractivity contribution in [3.8, 4) is 5.88 Å². The van der Waals surface area contributed by atoms with E-state index in [0.717, 1.165) is 4.57 Å². The van der Waals surface area contributed by atoms with E-state index in [4.69, 9.17) is 9.39 Å². The first-order chi connectivity index (χ1) is 9.73. The summed E-state index contributed by atoms with van der Waals surface area (Å²) in [5, 5.41) is 19.5. The van der Waals surface area contributed by atoms with Crippen LogP contribution >= 0.6 is 0 Å². The van der Waals surface area contributed by atoms with Crippen molar-refractivity contribution in [1.29, 1.82) is 0 Å². The molecule has 0 aromatic carbocycles. The van der Waals surface area contributed by atoms with Crippen LogP contribution in [-0.4, -0.2) is 45.6 Å². The standard InChI is InChI=1S/C13H17BN2O5/c1-13(2,3)21-14(19)10-7-8-9(16(10)12(17)18)5-6-11(15-8)20-4/h5-7,19H,1-4H3,(H,17,18). The van der Waals surface area contributed by atoms with Gasteiger partial charge >= 0.3 is 13.2 Å². The Morgan fingerprint density at radius 1 is 1.38 bits per heavy atom. The second kappa shape index (κ2) is 5.38. The van der Waals surface area contributed by atoms with Crippen LogP contribution in [0.2, 0.25) is 0 Å². The largest absolute Gasteiger partial charge is 0.509 e. The highest BCUT2D eigenvalue weighted by molar-refractivity contribution is 6.60. The number of fused-ring (bicyclic) bond motifs is 1. The Bertz CT molecular complexity index is 677. The van der Waals surface area contributed by atoms with Gasteiger partial charge in [-0.2, -0.15) is 0 Å². The van der Waals surface area contributed by atoms with Gasteiger partial charge in [-0.05, 0) is 32.9 Å². The second-order valence-corrected chi connectivity index (χ2v) is 5.53. The summed E-state index contributed by atoms with van der Waals surface area (Å²) < 4.78 is 11.4. The molecule has 0 bridgehead atoms. The average molecular weight is 292 g/mol. The minimum Gasteiger partial charge on any atom is -0.481 e. The number of hydrogen-bond donors (Lipinski definition) is 2. The van der Waals surface area contributed by atoms with Crippen molar-refractivity contribution in [3.63, 3.8) is 0 Å². The molecule has 8 heteroatoms. The van der Waals surface area contributed by atoms with Gasteiger partial charge in [-0.25, -0.2) is 9.78 Å². The van der Waals surface area contributed by atoms with E-state index in [9.17, 15) is 14.9 Å². The molecule has 21 heavy (non-hydrogen) atoms. The van der Waals surface area contributed by atoms with Gasteiger partial charge in [-0.15, -0.1) is 0 Å². The van der Waals surface area contributed by atoms with E-state index in [1.807, 2.05) is 0 Å². The van der Waals surface area contributed by atoms with Crippen LogP contribution in [0.25, 0.3) is 11.0 Å². The molecular formula is C13H17BN2O5. The second-order valence-electron chi connectivity index (χ2n) is 5.53. The Labute approximate surface area is 122 Å². The third-order valence-electron chi connectivity index (χ3n) is 2.78. The molecule has 0 spiro atoms. The zero-order valence-corrected chi connectivity index (χ0v) is 12.3. The van der Waals surface area contributed by atoms with E-state index >= 15 is 0 Å². The molecule has 0 saturated heterocycles. The van der Waals surface area contributed by atoms with Crippen molar-refractivity contribution >= 4 is 29.8 Å². The van der Waals surface area contributed by atoms with Crippen molar-refractivity contribution in [1.82, 2.24) is 9.55 Å². The van der Waals surface area contributed by atoms with Crippen LogP contribution in [0, 0.1) is 0 Å². The van der Waals surface area contributed by atoms with E-state index in [0.29, 0.717) is 16.9 Å². The van der Waals surface area contributed by atoms with Crippen molar-refractivity contribution in [2.24, 2.45) is 0 Å². The van der Waals surface area contributed by atoms with Crippen LogP contribution in [0.1, 0.15) is 20.8 Å². The first-order valence-electron chi connectivity index (χ1n) is 6.38. The molecule has 0 amide bonds. The number of aromatic nitrogens is 2. The molecule has 2 N–H and O–H groups in total. The molecule has 112 valence electrons. The normalized spacial score (nSPS) is 11.7. The third kappa shape index (κ3) is 3.17. The number of carbonyl (C=O) groups is 1. The lowest BCUT2D eigenvalue weighted by Crippen LogP contribution is -2.45. The molecule has 0 saturated carbocycles. The first kappa shape index (κ1) is 15.3. The fourth-order valence-corrected chi connectivity index (χ4v) is 1.99. The maximum absolute atomic E-state index is 11.5. The molecule has 2 aromatic heterocycles. The number of carboxylic acid groups (broad SMARTS) is 1. The number of ether oxygens (including phenoxy) is 1. The van der Waals surface area contributed by atoms with Gasteiger partial charge in [0.05, 0.1) is 23.7 Å². The van der Waals surface area contributed by atoms with Crippen LogP contribution in [0.4, 0.5) is 4.79 Å². The Balaban J connectivity index is 2.56. The third-order valence-corrected chi connectivity index (χ3v) is 2.78. The zero-order chi connectivity index (χ0) is 15.8. The molecule has 0 unspecified atom stereocenters. The van der Waals surface area contributed by atoms with Gasteiger partial charge in [0.2, 0.25) is 5.88 Å².